The molecule has 4 N–H and O–H groups in total. The molecule has 1 aromatic rings. The lowest BCUT2D eigenvalue weighted by molar-refractivity contribution is -0.692. The third-order valence-electron chi connectivity index (χ3n) is 4.26. The van der Waals surface area contributed by atoms with Crippen LogP contribution in [0.4, 0.5) is 0 Å². The van der Waals surface area contributed by atoms with E-state index >= 15 is 0 Å². The van der Waals surface area contributed by atoms with Crippen LogP contribution in [0.2, 0.25) is 0 Å². The van der Waals surface area contributed by atoms with Gasteiger partial charge in [-0.1, -0.05) is 58.9 Å². The van der Waals surface area contributed by atoms with E-state index in [1.165, 1.54) is 11.1 Å². The highest BCUT2D eigenvalue weighted by molar-refractivity contribution is 5.84. The van der Waals surface area contributed by atoms with E-state index in [1.807, 2.05) is 12.2 Å². The van der Waals surface area contributed by atoms with Crippen molar-refractivity contribution >= 4 is 11.8 Å². The highest BCUT2D eigenvalue weighted by Crippen LogP contribution is 2.25. The van der Waals surface area contributed by atoms with E-state index in [9.17, 15) is 9.59 Å². The summed E-state index contributed by atoms with van der Waals surface area (Å²) in [4.78, 5) is 23.4. The minimum absolute atomic E-state index is 0.0349. The van der Waals surface area contributed by atoms with Gasteiger partial charge in [-0.15, -0.1) is 0 Å². The fourth-order valence-corrected chi connectivity index (χ4v) is 2.74. The predicted molar refractivity (Wildman–Crippen MR) is 101 cm³/mol. The van der Waals surface area contributed by atoms with E-state index in [0.29, 0.717) is 19.0 Å². The molecule has 0 spiro atoms. The van der Waals surface area contributed by atoms with Gasteiger partial charge in [0, 0.05) is 18.0 Å². The van der Waals surface area contributed by atoms with Gasteiger partial charge in [0.15, 0.2) is 6.54 Å². The van der Waals surface area contributed by atoms with Gasteiger partial charge in [-0.05, 0) is 17.9 Å². The standard InChI is InChI=1S/C20H33N3O2/c1-7-21-17(24)12-22-18(25)13-23-19(14(2)3)15-8-10-16(11-9-15)20(4,5)6/h8-11,14,19,23H,7,12-13H2,1-6H3,(H,21,24)(H,22,25)/p+1/t19-/m0/s1. The molecule has 25 heavy (non-hydrogen) atoms. The molecule has 0 heterocycles. The minimum Gasteiger partial charge on any atom is -0.355 e. The number of hydrogen-bond donors (Lipinski definition) is 3. The number of rotatable bonds is 8. The lowest BCUT2D eigenvalue weighted by atomic mass is 9.85. The summed E-state index contributed by atoms with van der Waals surface area (Å²) >= 11 is 0. The predicted octanol–water partition coefficient (Wildman–Crippen LogP) is 1.50. The van der Waals surface area contributed by atoms with Gasteiger partial charge in [0.1, 0.15) is 6.04 Å². The van der Waals surface area contributed by atoms with Gasteiger partial charge >= 0.3 is 0 Å². The van der Waals surface area contributed by atoms with Crippen molar-refractivity contribution in [1.29, 1.82) is 0 Å². The molecule has 0 aliphatic heterocycles. The van der Waals surface area contributed by atoms with Gasteiger partial charge in [0.05, 0.1) is 6.54 Å². The second kappa shape index (κ2) is 9.56. The summed E-state index contributed by atoms with van der Waals surface area (Å²) in [6, 6.07) is 8.88. The summed E-state index contributed by atoms with van der Waals surface area (Å²) in [6.07, 6.45) is 0. The Morgan fingerprint density at radius 3 is 2.12 bits per heavy atom. The largest absolute Gasteiger partial charge is 0.355 e. The Bertz CT molecular complexity index is 559. The molecule has 1 atom stereocenters. The van der Waals surface area contributed by atoms with Crippen LogP contribution in [0, 0.1) is 5.92 Å². The fourth-order valence-electron chi connectivity index (χ4n) is 2.74. The number of benzene rings is 1. The number of carbonyl (C=O) groups excluding carboxylic acids is 2. The Labute approximate surface area is 152 Å². The number of quaternary nitrogens is 1. The number of likely N-dealkylation sites (N-methyl/N-ethyl adjacent to an activating group) is 1. The molecule has 0 saturated carbocycles. The van der Waals surface area contributed by atoms with Crippen LogP contribution in [-0.4, -0.2) is 31.4 Å². The summed E-state index contributed by atoms with van der Waals surface area (Å²) in [7, 11) is 0. The third-order valence-corrected chi connectivity index (χ3v) is 4.26. The molecular weight excluding hydrogens is 314 g/mol. The van der Waals surface area contributed by atoms with Crippen LogP contribution in [0.15, 0.2) is 24.3 Å². The maximum Gasteiger partial charge on any atom is 0.275 e. The number of amides is 2. The molecule has 0 unspecified atom stereocenters. The summed E-state index contributed by atoms with van der Waals surface area (Å²) in [6.45, 7) is 13.7. The van der Waals surface area contributed by atoms with Gasteiger partial charge in [-0.3, -0.25) is 9.59 Å². The van der Waals surface area contributed by atoms with Crippen molar-refractivity contribution in [2.45, 2.75) is 53.0 Å². The smallest absolute Gasteiger partial charge is 0.275 e. The van der Waals surface area contributed by atoms with E-state index in [4.69, 9.17) is 0 Å². The van der Waals surface area contributed by atoms with Crippen molar-refractivity contribution in [2.24, 2.45) is 5.92 Å². The van der Waals surface area contributed by atoms with Crippen molar-refractivity contribution < 1.29 is 14.9 Å². The molecule has 2 amide bonds. The highest BCUT2D eigenvalue weighted by atomic mass is 16.2. The van der Waals surface area contributed by atoms with E-state index in [-0.39, 0.29) is 29.8 Å². The van der Waals surface area contributed by atoms with E-state index < -0.39 is 0 Å². The van der Waals surface area contributed by atoms with Gasteiger partial charge < -0.3 is 16.0 Å². The molecule has 0 aliphatic carbocycles. The zero-order valence-electron chi connectivity index (χ0n) is 16.5. The Morgan fingerprint density at radius 1 is 1.04 bits per heavy atom. The molecule has 0 bridgehead atoms. The Balaban J connectivity index is 2.63. The van der Waals surface area contributed by atoms with Gasteiger partial charge in [-0.25, -0.2) is 0 Å². The summed E-state index contributed by atoms with van der Waals surface area (Å²) < 4.78 is 0. The highest BCUT2D eigenvalue weighted by Gasteiger charge is 2.21. The average Bonchev–Trinajstić information content (AvgIpc) is 2.52. The Hall–Kier alpha value is -1.88. The molecule has 5 heteroatoms. The molecule has 0 fully saturated rings. The van der Waals surface area contributed by atoms with E-state index in [0.717, 1.165) is 0 Å². The average molecular weight is 349 g/mol. The summed E-state index contributed by atoms with van der Waals surface area (Å²) in [5.74, 6) is 0.119. The fraction of sp³-hybridized carbons (Fsp3) is 0.600. The normalized spacial score (nSPS) is 12.8. The quantitative estimate of drug-likeness (QED) is 0.666. The van der Waals surface area contributed by atoms with Gasteiger partial charge in [0.2, 0.25) is 5.91 Å². The molecule has 1 rings (SSSR count). The maximum atomic E-state index is 12.0. The van der Waals surface area contributed by atoms with Crippen LogP contribution >= 0.6 is 0 Å². The number of hydrogen-bond acceptors (Lipinski definition) is 2. The van der Waals surface area contributed by atoms with Crippen LogP contribution < -0.4 is 16.0 Å². The first kappa shape index (κ1) is 21.2. The first-order valence-electron chi connectivity index (χ1n) is 9.12. The molecule has 0 aromatic heterocycles. The minimum atomic E-state index is -0.158. The van der Waals surface area contributed by atoms with Crippen LogP contribution in [0.1, 0.15) is 58.7 Å². The topological polar surface area (TPSA) is 74.8 Å². The summed E-state index contributed by atoms with van der Waals surface area (Å²) in [5.41, 5.74) is 2.66. The first-order valence-corrected chi connectivity index (χ1v) is 9.12. The second-order valence-corrected chi connectivity index (χ2v) is 7.81. The second-order valence-electron chi connectivity index (χ2n) is 7.81. The monoisotopic (exact) mass is 348 g/mol. The SMILES string of the molecule is CCNC(=O)CNC(=O)C[NH2+][C@H](c1ccc(C(C)(C)C)cc1)C(C)C. The molecule has 1 aromatic carbocycles. The first-order chi connectivity index (χ1) is 11.6. The Kier molecular flexibility index (Phi) is 8.10. The van der Waals surface area contributed by atoms with Gasteiger partial charge in [-0.2, -0.15) is 0 Å². The zero-order valence-corrected chi connectivity index (χ0v) is 16.5. The van der Waals surface area contributed by atoms with E-state index in [1.54, 1.807) is 0 Å². The van der Waals surface area contributed by atoms with Crippen molar-refractivity contribution in [3.63, 3.8) is 0 Å². The lowest BCUT2D eigenvalue weighted by Crippen LogP contribution is -2.88. The van der Waals surface area contributed by atoms with Crippen molar-refractivity contribution in [3.8, 4) is 0 Å². The number of nitrogens with one attached hydrogen (secondary N) is 2. The maximum absolute atomic E-state index is 12.0. The van der Waals surface area contributed by atoms with Crippen LogP contribution in [0.5, 0.6) is 0 Å². The molecule has 5 nitrogen and oxygen atoms in total. The molecule has 0 radical (unpaired) electrons. The number of carbonyl (C=O) groups is 2. The van der Waals surface area contributed by atoms with Gasteiger partial charge in [0.25, 0.3) is 5.91 Å². The Morgan fingerprint density at radius 2 is 1.64 bits per heavy atom. The molecular formula is C20H34N3O2+. The summed E-state index contributed by atoms with van der Waals surface area (Å²) in [5, 5.41) is 7.37. The number of nitrogens with two attached hydrogens (primary N) is 1. The van der Waals surface area contributed by atoms with Crippen molar-refractivity contribution in [1.82, 2.24) is 10.6 Å². The molecule has 0 aliphatic rings. The molecule has 0 saturated heterocycles. The van der Waals surface area contributed by atoms with Crippen LogP contribution in [-0.2, 0) is 15.0 Å². The van der Waals surface area contributed by atoms with E-state index in [2.05, 4.69) is 69.5 Å². The van der Waals surface area contributed by atoms with Crippen molar-refractivity contribution in [2.75, 3.05) is 19.6 Å². The molecule has 140 valence electrons. The van der Waals surface area contributed by atoms with Crippen molar-refractivity contribution in [3.05, 3.63) is 35.4 Å². The van der Waals surface area contributed by atoms with Crippen LogP contribution in [0.3, 0.4) is 0 Å². The lowest BCUT2D eigenvalue weighted by Gasteiger charge is -2.22. The van der Waals surface area contributed by atoms with Crippen LogP contribution in [0.25, 0.3) is 0 Å². The third kappa shape index (κ3) is 7.26. The zero-order chi connectivity index (χ0) is 19.0.